The topological polar surface area (TPSA) is 85.5 Å². The predicted octanol–water partition coefficient (Wildman–Crippen LogP) is 1.94. The highest BCUT2D eigenvalue weighted by Crippen LogP contribution is 2.20. The van der Waals surface area contributed by atoms with Gasteiger partial charge in [-0.2, -0.15) is 0 Å². The minimum atomic E-state index is -0.898. The molecule has 1 aromatic heterocycles. The van der Waals surface area contributed by atoms with Crippen LogP contribution < -0.4 is 0 Å². The normalized spacial score (nSPS) is 11.8. The first-order chi connectivity index (χ1) is 9.33. The van der Waals surface area contributed by atoms with Crippen LogP contribution in [-0.4, -0.2) is 35.9 Å². The molecule has 0 amide bonds. The van der Waals surface area contributed by atoms with Crippen LogP contribution >= 0.6 is 0 Å². The summed E-state index contributed by atoms with van der Waals surface area (Å²) in [5.74, 6) is -1.32. The van der Waals surface area contributed by atoms with E-state index in [-0.39, 0.29) is 17.9 Å². The first kappa shape index (κ1) is 15.9. The number of carbonyl (C=O) groups is 3. The Labute approximate surface area is 117 Å². The average Bonchev–Trinajstić information content (AvgIpc) is 2.72. The standard InChI is InChI=1S/C14H19NO5/c1-6-10(16)20-9(4)13(17)12-7(2)11(8(3)15-12)14(18)19-5/h9,15H,6H2,1-5H3/t9-/m1/s1. The zero-order chi connectivity index (χ0) is 15.4. The SMILES string of the molecule is CCC(=O)O[C@H](C)C(=O)c1[nH]c(C)c(C(=O)OC)c1C. The third-order valence-corrected chi connectivity index (χ3v) is 3.04. The molecule has 6 heteroatoms. The first-order valence-corrected chi connectivity index (χ1v) is 6.34. The maximum absolute atomic E-state index is 12.2. The molecule has 0 fully saturated rings. The second-order valence-corrected chi connectivity index (χ2v) is 4.47. The van der Waals surface area contributed by atoms with Crippen LogP contribution in [0.25, 0.3) is 0 Å². The number of aryl methyl sites for hydroxylation is 1. The Morgan fingerprint density at radius 2 is 1.85 bits per heavy atom. The van der Waals surface area contributed by atoms with Crippen LogP contribution in [0.3, 0.4) is 0 Å². The molecule has 0 unspecified atom stereocenters. The molecule has 0 aliphatic rings. The highest BCUT2D eigenvalue weighted by molar-refractivity contribution is 6.03. The van der Waals surface area contributed by atoms with Gasteiger partial charge in [-0.05, 0) is 26.3 Å². The van der Waals surface area contributed by atoms with Gasteiger partial charge in [0.2, 0.25) is 5.78 Å². The number of esters is 2. The Hall–Kier alpha value is -2.11. The number of H-pyrrole nitrogens is 1. The Kier molecular flexibility index (Phi) is 5.07. The van der Waals surface area contributed by atoms with E-state index in [1.165, 1.54) is 14.0 Å². The summed E-state index contributed by atoms with van der Waals surface area (Å²) in [6.45, 7) is 6.48. The van der Waals surface area contributed by atoms with Crippen LogP contribution in [0.2, 0.25) is 0 Å². The molecule has 1 atom stereocenters. The number of rotatable bonds is 5. The van der Waals surface area contributed by atoms with Crippen LogP contribution in [0.5, 0.6) is 0 Å². The van der Waals surface area contributed by atoms with Gasteiger partial charge in [0.25, 0.3) is 0 Å². The summed E-state index contributed by atoms with van der Waals surface area (Å²) in [7, 11) is 1.28. The lowest BCUT2D eigenvalue weighted by Crippen LogP contribution is -2.25. The molecule has 0 aromatic carbocycles. The Morgan fingerprint density at radius 1 is 1.25 bits per heavy atom. The van der Waals surface area contributed by atoms with Gasteiger partial charge in [-0.1, -0.05) is 6.92 Å². The summed E-state index contributed by atoms with van der Waals surface area (Å²) in [6.07, 6.45) is -0.696. The average molecular weight is 281 g/mol. The van der Waals surface area contributed by atoms with E-state index in [1.54, 1.807) is 20.8 Å². The smallest absolute Gasteiger partial charge is 0.339 e. The third kappa shape index (κ3) is 3.07. The number of hydrogen-bond acceptors (Lipinski definition) is 5. The van der Waals surface area contributed by atoms with Crippen molar-refractivity contribution in [1.29, 1.82) is 0 Å². The molecule has 1 heterocycles. The largest absolute Gasteiger partial charge is 0.465 e. The molecule has 6 nitrogen and oxygen atoms in total. The molecule has 0 spiro atoms. The lowest BCUT2D eigenvalue weighted by atomic mass is 10.1. The lowest BCUT2D eigenvalue weighted by molar-refractivity contribution is -0.145. The third-order valence-electron chi connectivity index (χ3n) is 3.04. The zero-order valence-corrected chi connectivity index (χ0v) is 12.3. The van der Waals surface area contributed by atoms with Gasteiger partial charge in [-0.3, -0.25) is 9.59 Å². The Balaban J connectivity index is 3.06. The monoisotopic (exact) mass is 281 g/mol. The fraction of sp³-hybridized carbons (Fsp3) is 0.500. The van der Waals surface area contributed by atoms with E-state index in [4.69, 9.17) is 4.74 Å². The molecule has 0 bridgehead atoms. The molecule has 0 aliphatic heterocycles. The summed E-state index contributed by atoms with van der Waals surface area (Å²) in [5, 5.41) is 0. The minimum absolute atomic E-state index is 0.202. The number of nitrogens with one attached hydrogen (secondary N) is 1. The van der Waals surface area contributed by atoms with Gasteiger partial charge in [0, 0.05) is 12.1 Å². The van der Waals surface area contributed by atoms with Crippen LogP contribution in [0.15, 0.2) is 0 Å². The fourth-order valence-corrected chi connectivity index (χ4v) is 1.94. The number of carbonyl (C=O) groups excluding carboxylic acids is 3. The number of aromatic nitrogens is 1. The van der Waals surface area contributed by atoms with Crippen LogP contribution in [0.1, 0.15) is 52.4 Å². The Morgan fingerprint density at radius 3 is 2.35 bits per heavy atom. The van der Waals surface area contributed by atoms with Crippen molar-refractivity contribution >= 4 is 17.7 Å². The van der Waals surface area contributed by atoms with Crippen molar-refractivity contribution < 1.29 is 23.9 Å². The fourth-order valence-electron chi connectivity index (χ4n) is 1.94. The highest BCUT2D eigenvalue weighted by atomic mass is 16.5. The van der Waals surface area contributed by atoms with Gasteiger partial charge >= 0.3 is 11.9 Å². The minimum Gasteiger partial charge on any atom is -0.465 e. The van der Waals surface area contributed by atoms with Gasteiger partial charge in [0.1, 0.15) is 0 Å². The van der Waals surface area contributed by atoms with Gasteiger partial charge in [0.05, 0.1) is 18.4 Å². The van der Waals surface area contributed by atoms with Crippen molar-refractivity contribution in [2.75, 3.05) is 7.11 Å². The van der Waals surface area contributed by atoms with Crippen LogP contribution in [0, 0.1) is 13.8 Å². The lowest BCUT2D eigenvalue weighted by Gasteiger charge is -2.11. The zero-order valence-electron chi connectivity index (χ0n) is 12.3. The van der Waals surface area contributed by atoms with Crippen molar-refractivity contribution in [2.45, 2.75) is 40.2 Å². The van der Waals surface area contributed by atoms with Crippen LogP contribution in [0.4, 0.5) is 0 Å². The predicted molar refractivity (Wildman–Crippen MR) is 71.8 cm³/mol. The summed E-state index contributed by atoms with van der Waals surface area (Å²) in [4.78, 5) is 37.9. The summed E-state index contributed by atoms with van der Waals surface area (Å²) in [5.41, 5.74) is 1.65. The summed E-state index contributed by atoms with van der Waals surface area (Å²) in [6, 6.07) is 0. The van der Waals surface area contributed by atoms with E-state index < -0.39 is 18.0 Å². The quantitative estimate of drug-likeness (QED) is 0.658. The molecule has 0 radical (unpaired) electrons. The van der Waals surface area contributed by atoms with Crippen molar-refractivity contribution in [3.05, 3.63) is 22.5 Å². The highest BCUT2D eigenvalue weighted by Gasteiger charge is 2.26. The molecule has 0 saturated heterocycles. The molecule has 1 aromatic rings. The van der Waals surface area contributed by atoms with Crippen molar-refractivity contribution in [3.8, 4) is 0 Å². The molecule has 1 rings (SSSR count). The molecular formula is C14H19NO5. The first-order valence-electron chi connectivity index (χ1n) is 6.34. The van der Waals surface area contributed by atoms with E-state index in [0.29, 0.717) is 16.8 Å². The second kappa shape index (κ2) is 6.36. The molecule has 0 saturated carbocycles. The van der Waals surface area contributed by atoms with Crippen molar-refractivity contribution in [2.24, 2.45) is 0 Å². The molecule has 110 valence electrons. The van der Waals surface area contributed by atoms with Crippen molar-refractivity contribution in [1.82, 2.24) is 4.98 Å². The van der Waals surface area contributed by atoms with E-state index in [2.05, 4.69) is 9.72 Å². The van der Waals surface area contributed by atoms with Gasteiger partial charge in [-0.15, -0.1) is 0 Å². The number of aromatic amines is 1. The van der Waals surface area contributed by atoms with Gasteiger partial charge in [0.15, 0.2) is 6.10 Å². The second-order valence-electron chi connectivity index (χ2n) is 4.47. The number of hydrogen-bond donors (Lipinski definition) is 1. The van der Waals surface area contributed by atoms with E-state index >= 15 is 0 Å². The van der Waals surface area contributed by atoms with E-state index in [1.807, 2.05) is 0 Å². The molecular weight excluding hydrogens is 262 g/mol. The number of Topliss-reactive ketones (excluding diaryl/α,β-unsaturated/α-hetero) is 1. The molecule has 1 N–H and O–H groups in total. The van der Waals surface area contributed by atoms with Crippen molar-refractivity contribution in [3.63, 3.8) is 0 Å². The molecule has 0 aliphatic carbocycles. The maximum atomic E-state index is 12.2. The number of methoxy groups -OCH3 is 1. The van der Waals surface area contributed by atoms with E-state index in [9.17, 15) is 14.4 Å². The summed E-state index contributed by atoms with van der Waals surface area (Å²) < 4.78 is 9.66. The van der Waals surface area contributed by atoms with E-state index in [0.717, 1.165) is 0 Å². The number of ketones is 1. The van der Waals surface area contributed by atoms with Gasteiger partial charge in [-0.25, -0.2) is 4.79 Å². The number of ether oxygens (including phenoxy) is 2. The molecule has 20 heavy (non-hydrogen) atoms. The van der Waals surface area contributed by atoms with Gasteiger partial charge < -0.3 is 14.5 Å². The summed E-state index contributed by atoms with van der Waals surface area (Å²) >= 11 is 0. The van der Waals surface area contributed by atoms with Crippen LogP contribution in [-0.2, 0) is 14.3 Å². The maximum Gasteiger partial charge on any atom is 0.339 e. The Bertz CT molecular complexity index is 544.